The molecule has 0 aromatic heterocycles. The van der Waals surface area contributed by atoms with Gasteiger partial charge in [-0.05, 0) is 62.2 Å². The number of nitrogens with one attached hydrogen (secondary N) is 2. The molecule has 6 nitrogen and oxygen atoms in total. The highest BCUT2D eigenvalue weighted by atomic mass is 16.5. The molecular weight excluding hydrogens is 342 g/mol. The molecule has 2 amide bonds. The summed E-state index contributed by atoms with van der Waals surface area (Å²) in [5, 5.41) is 5.26. The van der Waals surface area contributed by atoms with E-state index in [1.165, 1.54) is 0 Å². The maximum absolute atomic E-state index is 12.0. The van der Waals surface area contributed by atoms with Gasteiger partial charge in [0, 0.05) is 31.0 Å². The molecule has 0 radical (unpaired) electrons. The van der Waals surface area contributed by atoms with Crippen LogP contribution < -0.4 is 20.3 Å². The number of rotatable bonds is 8. The summed E-state index contributed by atoms with van der Waals surface area (Å²) in [5.74, 6) is -0.522. The van der Waals surface area contributed by atoms with Crippen molar-refractivity contribution in [2.45, 2.75) is 20.3 Å². The monoisotopic (exact) mass is 369 g/mol. The van der Waals surface area contributed by atoms with Crippen LogP contribution in [0.15, 0.2) is 48.5 Å². The van der Waals surface area contributed by atoms with E-state index in [1.807, 2.05) is 36.4 Å². The van der Waals surface area contributed by atoms with E-state index < -0.39 is 11.8 Å². The lowest BCUT2D eigenvalue weighted by atomic mass is 10.1. The highest BCUT2D eigenvalue weighted by Gasteiger charge is 2.13. The normalized spacial score (nSPS) is 10.2. The van der Waals surface area contributed by atoms with Gasteiger partial charge < -0.3 is 20.3 Å². The average molecular weight is 369 g/mol. The van der Waals surface area contributed by atoms with E-state index in [4.69, 9.17) is 4.74 Å². The lowest BCUT2D eigenvalue weighted by Crippen LogP contribution is -2.36. The smallest absolute Gasteiger partial charge is 0.313 e. The molecule has 0 saturated heterocycles. The predicted molar refractivity (Wildman–Crippen MR) is 108 cm³/mol. The number of carbonyl (C=O) groups is 2. The molecule has 0 bridgehead atoms. The summed E-state index contributed by atoms with van der Waals surface area (Å²) in [7, 11) is 1.62. The maximum Gasteiger partial charge on any atom is 0.313 e. The van der Waals surface area contributed by atoms with Crippen LogP contribution in [0, 0.1) is 0 Å². The van der Waals surface area contributed by atoms with Crippen LogP contribution in [-0.2, 0) is 16.0 Å². The summed E-state index contributed by atoms with van der Waals surface area (Å²) in [6.45, 7) is 6.40. The average Bonchev–Trinajstić information content (AvgIpc) is 2.70. The number of nitrogens with zero attached hydrogens (tertiary/aromatic N) is 1. The first-order valence-corrected chi connectivity index (χ1v) is 9.14. The third kappa shape index (κ3) is 6.02. The highest BCUT2D eigenvalue weighted by Crippen LogP contribution is 2.17. The zero-order valence-corrected chi connectivity index (χ0v) is 16.1. The van der Waals surface area contributed by atoms with Crippen LogP contribution in [0.4, 0.5) is 11.4 Å². The number of anilines is 2. The Morgan fingerprint density at radius 2 is 1.56 bits per heavy atom. The molecule has 2 N–H and O–H groups in total. The molecule has 0 saturated carbocycles. The van der Waals surface area contributed by atoms with Crippen molar-refractivity contribution < 1.29 is 14.3 Å². The van der Waals surface area contributed by atoms with Crippen molar-refractivity contribution in [2.75, 3.05) is 37.0 Å². The van der Waals surface area contributed by atoms with Crippen molar-refractivity contribution in [1.82, 2.24) is 5.32 Å². The standard InChI is InChI=1S/C21H27N3O3/c1-4-24(5-2)18-10-8-17(9-11-18)23-21(26)20(25)22-15-14-16-6-12-19(27-3)13-7-16/h6-13H,4-5,14-15H2,1-3H3,(H,22,25)(H,23,26). The first-order valence-electron chi connectivity index (χ1n) is 9.14. The molecule has 0 aliphatic carbocycles. The molecule has 2 rings (SSSR count). The van der Waals surface area contributed by atoms with Crippen LogP contribution in [0.5, 0.6) is 5.75 Å². The third-order valence-corrected chi connectivity index (χ3v) is 4.32. The summed E-state index contributed by atoms with van der Waals surface area (Å²) in [6, 6.07) is 15.1. The first kappa shape index (κ1) is 20.3. The van der Waals surface area contributed by atoms with Crippen molar-refractivity contribution in [3.63, 3.8) is 0 Å². The van der Waals surface area contributed by atoms with Crippen molar-refractivity contribution >= 4 is 23.2 Å². The summed E-state index contributed by atoms with van der Waals surface area (Å²) in [6.07, 6.45) is 0.640. The SMILES string of the molecule is CCN(CC)c1ccc(NC(=O)C(=O)NCCc2ccc(OC)cc2)cc1. The zero-order chi connectivity index (χ0) is 19.6. The van der Waals surface area contributed by atoms with E-state index in [-0.39, 0.29) is 0 Å². The van der Waals surface area contributed by atoms with Crippen molar-refractivity contribution in [3.8, 4) is 5.75 Å². The van der Waals surface area contributed by atoms with Gasteiger partial charge in [0.15, 0.2) is 0 Å². The van der Waals surface area contributed by atoms with Crippen molar-refractivity contribution in [3.05, 3.63) is 54.1 Å². The summed E-state index contributed by atoms with van der Waals surface area (Å²) >= 11 is 0. The second-order valence-electron chi connectivity index (χ2n) is 6.03. The molecule has 2 aromatic carbocycles. The topological polar surface area (TPSA) is 70.7 Å². The Hall–Kier alpha value is -3.02. The molecule has 0 aliphatic rings. The summed E-state index contributed by atoms with van der Waals surface area (Å²) in [5.41, 5.74) is 2.74. The van der Waals surface area contributed by atoms with E-state index >= 15 is 0 Å². The zero-order valence-electron chi connectivity index (χ0n) is 16.1. The van der Waals surface area contributed by atoms with Gasteiger partial charge in [0.05, 0.1) is 7.11 Å². The number of amides is 2. The van der Waals surface area contributed by atoms with Crippen LogP contribution in [0.25, 0.3) is 0 Å². The van der Waals surface area contributed by atoms with Gasteiger partial charge in [-0.25, -0.2) is 0 Å². The van der Waals surface area contributed by atoms with E-state index in [9.17, 15) is 9.59 Å². The van der Waals surface area contributed by atoms with Crippen molar-refractivity contribution in [2.24, 2.45) is 0 Å². The first-order chi connectivity index (χ1) is 13.1. The molecule has 0 heterocycles. The van der Waals surface area contributed by atoms with Crippen LogP contribution >= 0.6 is 0 Å². The molecule has 0 spiro atoms. The summed E-state index contributed by atoms with van der Waals surface area (Å²) in [4.78, 5) is 26.2. The maximum atomic E-state index is 12.0. The third-order valence-electron chi connectivity index (χ3n) is 4.32. The van der Waals surface area contributed by atoms with Crippen LogP contribution in [0.1, 0.15) is 19.4 Å². The molecular formula is C21H27N3O3. The van der Waals surface area contributed by atoms with E-state index in [2.05, 4.69) is 29.4 Å². The van der Waals surface area contributed by atoms with Gasteiger partial charge in [-0.15, -0.1) is 0 Å². The fourth-order valence-corrected chi connectivity index (χ4v) is 2.73. The minimum atomic E-state index is -0.666. The molecule has 0 unspecified atom stereocenters. The van der Waals surface area contributed by atoms with Gasteiger partial charge in [-0.2, -0.15) is 0 Å². The Labute approximate surface area is 160 Å². The Morgan fingerprint density at radius 3 is 2.11 bits per heavy atom. The number of hydrogen-bond donors (Lipinski definition) is 2. The van der Waals surface area contributed by atoms with Gasteiger partial charge >= 0.3 is 11.8 Å². The second-order valence-corrected chi connectivity index (χ2v) is 6.03. The lowest BCUT2D eigenvalue weighted by Gasteiger charge is -2.21. The molecule has 144 valence electrons. The van der Waals surface area contributed by atoms with Gasteiger partial charge in [-0.1, -0.05) is 12.1 Å². The van der Waals surface area contributed by atoms with Gasteiger partial charge in [0.25, 0.3) is 0 Å². The molecule has 0 aliphatic heterocycles. The number of ether oxygens (including phenoxy) is 1. The molecule has 0 fully saturated rings. The Morgan fingerprint density at radius 1 is 0.926 bits per heavy atom. The Bertz CT molecular complexity index is 738. The lowest BCUT2D eigenvalue weighted by molar-refractivity contribution is -0.136. The molecule has 27 heavy (non-hydrogen) atoms. The Balaban J connectivity index is 1.80. The van der Waals surface area contributed by atoms with Crippen LogP contribution in [0.2, 0.25) is 0 Å². The van der Waals surface area contributed by atoms with Crippen LogP contribution in [-0.4, -0.2) is 38.6 Å². The van der Waals surface area contributed by atoms with Gasteiger partial charge in [0.1, 0.15) is 5.75 Å². The minimum absolute atomic E-state index is 0.388. The van der Waals surface area contributed by atoms with E-state index in [0.29, 0.717) is 18.7 Å². The summed E-state index contributed by atoms with van der Waals surface area (Å²) < 4.78 is 5.11. The van der Waals surface area contributed by atoms with Crippen LogP contribution in [0.3, 0.4) is 0 Å². The molecule has 2 aromatic rings. The highest BCUT2D eigenvalue weighted by molar-refractivity contribution is 6.39. The second kappa shape index (κ2) is 10.2. The molecule has 6 heteroatoms. The fourth-order valence-electron chi connectivity index (χ4n) is 2.73. The Kier molecular flexibility index (Phi) is 7.67. The number of methoxy groups -OCH3 is 1. The quantitative estimate of drug-likeness (QED) is 0.702. The largest absolute Gasteiger partial charge is 0.497 e. The fraction of sp³-hybridized carbons (Fsp3) is 0.333. The minimum Gasteiger partial charge on any atom is -0.497 e. The number of benzene rings is 2. The number of carbonyl (C=O) groups excluding carboxylic acids is 2. The van der Waals surface area contributed by atoms with E-state index in [0.717, 1.165) is 30.1 Å². The van der Waals surface area contributed by atoms with Gasteiger partial charge in [0.2, 0.25) is 0 Å². The number of hydrogen-bond acceptors (Lipinski definition) is 4. The van der Waals surface area contributed by atoms with E-state index in [1.54, 1.807) is 19.2 Å². The molecule has 0 atom stereocenters. The van der Waals surface area contributed by atoms with Gasteiger partial charge in [-0.3, -0.25) is 9.59 Å². The van der Waals surface area contributed by atoms with Crippen molar-refractivity contribution in [1.29, 1.82) is 0 Å². The predicted octanol–water partition coefficient (Wildman–Crippen LogP) is 2.84.